The Hall–Kier alpha value is -1.39. The second-order valence-electron chi connectivity index (χ2n) is 5.88. The molecule has 1 aliphatic rings. The first-order valence-corrected chi connectivity index (χ1v) is 8.22. The fourth-order valence-corrected chi connectivity index (χ4v) is 3.06. The summed E-state index contributed by atoms with van der Waals surface area (Å²) in [5.74, 6) is -0.509. The van der Waals surface area contributed by atoms with E-state index in [0.717, 1.165) is 37.1 Å². The number of amides is 3. The van der Waals surface area contributed by atoms with E-state index in [2.05, 4.69) is 19.3 Å². The van der Waals surface area contributed by atoms with Gasteiger partial charge in [0, 0.05) is 6.42 Å². The lowest BCUT2D eigenvalue weighted by molar-refractivity contribution is -0.146. The summed E-state index contributed by atoms with van der Waals surface area (Å²) in [6.07, 6.45) is 9.50. The number of unbranched alkanes of at least 4 members (excludes halogenated alkanes) is 4. The zero-order chi connectivity index (χ0) is 15.7. The molecule has 120 valence electrons. The van der Waals surface area contributed by atoms with Gasteiger partial charge in [-0.25, -0.2) is 0 Å². The van der Waals surface area contributed by atoms with E-state index in [1.807, 2.05) is 0 Å². The van der Waals surface area contributed by atoms with Crippen LogP contribution in [0.2, 0.25) is 0 Å². The average molecular weight is 296 g/mol. The molecule has 1 N–H and O–H groups in total. The molecule has 1 fully saturated rings. The molecule has 0 radical (unpaired) electrons. The smallest absolute Gasteiger partial charge is 0.252 e. The summed E-state index contributed by atoms with van der Waals surface area (Å²) in [5.41, 5.74) is 2.22. The Kier molecular flexibility index (Phi) is 8.01. The van der Waals surface area contributed by atoms with E-state index in [0.29, 0.717) is 6.41 Å². The summed E-state index contributed by atoms with van der Waals surface area (Å²) >= 11 is 0. The molecule has 3 amide bonds. The Balaban J connectivity index is 2.62. The van der Waals surface area contributed by atoms with Gasteiger partial charge in [-0.15, -0.1) is 0 Å². The van der Waals surface area contributed by atoms with Gasteiger partial charge >= 0.3 is 0 Å². The first-order valence-electron chi connectivity index (χ1n) is 8.22. The number of nitrogens with one attached hydrogen (secondary N) is 1. The predicted octanol–water partition coefficient (Wildman–Crippen LogP) is 2.80. The first kappa shape index (κ1) is 17.7. The van der Waals surface area contributed by atoms with E-state index in [1.54, 1.807) is 0 Å². The highest BCUT2D eigenvalue weighted by atomic mass is 16.2. The summed E-state index contributed by atoms with van der Waals surface area (Å²) in [4.78, 5) is 34.6. The van der Waals surface area contributed by atoms with Crippen LogP contribution in [0.3, 0.4) is 0 Å². The molecule has 5 nitrogen and oxygen atoms in total. The van der Waals surface area contributed by atoms with Crippen LogP contribution in [-0.2, 0) is 14.4 Å². The highest BCUT2D eigenvalue weighted by Gasteiger charge is 2.42. The molecule has 2 unspecified atom stereocenters. The molecule has 1 rings (SSSR count). The zero-order valence-corrected chi connectivity index (χ0v) is 13.3. The zero-order valence-electron chi connectivity index (χ0n) is 13.3. The van der Waals surface area contributed by atoms with E-state index in [9.17, 15) is 14.4 Å². The molecule has 0 aromatic carbocycles. The van der Waals surface area contributed by atoms with Gasteiger partial charge in [0.25, 0.3) is 5.91 Å². The van der Waals surface area contributed by atoms with Crippen molar-refractivity contribution in [1.82, 2.24) is 10.4 Å². The van der Waals surface area contributed by atoms with Gasteiger partial charge in [-0.05, 0) is 18.8 Å². The minimum atomic E-state index is -0.285. The third kappa shape index (κ3) is 5.14. The van der Waals surface area contributed by atoms with Crippen LogP contribution >= 0.6 is 0 Å². The molecule has 0 saturated carbocycles. The molecule has 1 aliphatic heterocycles. The van der Waals surface area contributed by atoms with Crippen LogP contribution in [0.15, 0.2) is 0 Å². The largest absolute Gasteiger partial charge is 0.277 e. The number of hydrogen-bond acceptors (Lipinski definition) is 3. The summed E-state index contributed by atoms with van der Waals surface area (Å²) in [5, 5.41) is 0.892. The third-order valence-electron chi connectivity index (χ3n) is 4.29. The Morgan fingerprint density at radius 2 is 1.81 bits per heavy atom. The van der Waals surface area contributed by atoms with E-state index >= 15 is 0 Å². The summed E-state index contributed by atoms with van der Waals surface area (Å²) in [6.45, 7) is 4.31. The van der Waals surface area contributed by atoms with Gasteiger partial charge in [-0.2, -0.15) is 5.01 Å². The quantitative estimate of drug-likeness (QED) is 0.362. The third-order valence-corrected chi connectivity index (χ3v) is 4.29. The van der Waals surface area contributed by atoms with Crippen LogP contribution in [0, 0.1) is 11.8 Å². The van der Waals surface area contributed by atoms with Crippen LogP contribution in [0.1, 0.15) is 71.6 Å². The van der Waals surface area contributed by atoms with Crippen molar-refractivity contribution in [2.45, 2.75) is 71.6 Å². The standard InChI is InChI=1S/C16H28N2O3/c1-3-5-7-8-10-13(9-6-4-2)14-11-15(20)18(16(14)21)17-12-19/h12-14H,3-11H2,1-2H3,(H,17,19). The molecule has 0 aromatic heterocycles. The van der Waals surface area contributed by atoms with Gasteiger partial charge in [-0.3, -0.25) is 19.8 Å². The normalized spacial score (nSPS) is 19.9. The van der Waals surface area contributed by atoms with Crippen molar-refractivity contribution >= 4 is 18.2 Å². The summed E-state index contributed by atoms with van der Waals surface area (Å²) in [6, 6.07) is 0. The lowest BCUT2D eigenvalue weighted by atomic mass is 9.83. The highest BCUT2D eigenvalue weighted by molar-refractivity contribution is 6.03. The maximum absolute atomic E-state index is 12.3. The monoisotopic (exact) mass is 296 g/mol. The second-order valence-corrected chi connectivity index (χ2v) is 5.88. The molecule has 21 heavy (non-hydrogen) atoms. The molecular formula is C16H28N2O3. The minimum absolute atomic E-state index is 0.233. The molecule has 0 spiro atoms. The summed E-state index contributed by atoms with van der Waals surface area (Å²) < 4.78 is 0. The maximum atomic E-state index is 12.3. The van der Waals surface area contributed by atoms with Crippen LogP contribution in [0.4, 0.5) is 0 Å². The molecule has 0 bridgehead atoms. The lowest BCUT2D eigenvalue weighted by Gasteiger charge is -2.22. The molecule has 0 aliphatic carbocycles. The van der Waals surface area contributed by atoms with Crippen molar-refractivity contribution in [3.8, 4) is 0 Å². The van der Waals surface area contributed by atoms with Gasteiger partial charge in [0.15, 0.2) is 0 Å². The molecule has 1 saturated heterocycles. The number of hydrogen-bond donors (Lipinski definition) is 1. The molecule has 0 aromatic rings. The van der Waals surface area contributed by atoms with Crippen LogP contribution in [0.25, 0.3) is 0 Å². The Morgan fingerprint density at radius 1 is 1.14 bits per heavy atom. The number of imide groups is 1. The van der Waals surface area contributed by atoms with Crippen molar-refractivity contribution in [3.63, 3.8) is 0 Å². The van der Waals surface area contributed by atoms with E-state index in [-0.39, 0.29) is 30.1 Å². The first-order chi connectivity index (χ1) is 10.2. The van der Waals surface area contributed by atoms with Crippen LogP contribution in [-0.4, -0.2) is 23.2 Å². The molecule has 1 heterocycles. The molecular weight excluding hydrogens is 268 g/mol. The Bertz CT molecular complexity index is 357. The van der Waals surface area contributed by atoms with Crippen LogP contribution < -0.4 is 5.43 Å². The second kappa shape index (κ2) is 9.53. The van der Waals surface area contributed by atoms with Crippen molar-refractivity contribution < 1.29 is 14.4 Å². The SMILES string of the molecule is CCCCCCC(CCCC)C1CC(=O)N(NC=O)C1=O. The summed E-state index contributed by atoms with van der Waals surface area (Å²) in [7, 11) is 0. The number of carbonyl (C=O) groups is 3. The number of hydrazine groups is 1. The average Bonchev–Trinajstić information content (AvgIpc) is 2.75. The van der Waals surface area contributed by atoms with E-state index in [4.69, 9.17) is 0 Å². The van der Waals surface area contributed by atoms with Crippen molar-refractivity contribution in [3.05, 3.63) is 0 Å². The van der Waals surface area contributed by atoms with E-state index in [1.165, 1.54) is 19.3 Å². The van der Waals surface area contributed by atoms with Gasteiger partial charge in [-0.1, -0.05) is 52.4 Å². The number of nitrogens with zero attached hydrogens (tertiary/aromatic N) is 1. The Morgan fingerprint density at radius 3 is 2.43 bits per heavy atom. The van der Waals surface area contributed by atoms with E-state index < -0.39 is 0 Å². The number of carbonyl (C=O) groups excluding carboxylic acids is 3. The van der Waals surface area contributed by atoms with Crippen molar-refractivity contribution in [2.24, 2.45) is 11.8 Å². The van der Waals surface area contributed by atoms with Crippen LogP contribution in [0.5, 0.6) is 0 Å². The minimum Gasteiger partial charge on any atom is -0.277 e. The molecule has 2 atom stereocenters. The lowest BCUT2D eigenvalue weighted by Crippen LogP contribution is -2.42. The number of rotatable bonds is 11. The predicted molar refractivity (Wildman–Crippen MR) is 80.9 cm³/mol. The fraction of sp³-hybridized carbons (Fsp3) is 0.812. The maximum Gasteiger partial charge on any atom is 0.252 e. The highest BCUT2D eigenvalue weighted by Crippen LogP contribution is 2.32. The van der Waals surface area contributed by atoms with Gasteiger partial charge in [0.1, 0.15) is 0 Å². The molecule has 5 heteroatoms. The Labute approximate surface area is 127 Å². The topological polar surface area (TPSA) is 66.5 Å². The van der Waals surface area contributed by atoms with Gasteiger partial charge in [0.2, 0.25) is 12.3 Å². The van der Waals surface area contributed by atoms with Crippen molar-refractivity contribution in [1.29, 1.82) is 0 Å². The fourth-order valence-electron chi connectivity index (χ4n) is 3.06. The van der Waals surface area contributed by atoms with Gasteiger partial charge < -0.3 is 0 Å². The van der Waals surface area contributed by atoms with Gasteiger partial charge in [0.05, 0.1) is 5.92 Å². The van der Waals surface area contributed by atoms with Crippen molar-refractivity contribution in [2.75, 3.05) is 0 Å².